The summed E-state index contributed by atoms with van der Waals surface area (Å²) in [6, 6.07) is 13.0. The fraction of sp³-hybridized carbons (Fsp3) is 0.600. The van der Waals surface area contributed by atoms with E-state index in [9.17, 15) is 0 Å². The molecule has 0 saturated heterocycles. The number of ether oxygens (including phenoxy) is 7. The number of benzene rings is 2. The topological polar surface area (TPSA) is 67.9 Å². The molecule has 0 N–H and O–H groups in total. The minimum Gasteiger partial charge on any atom is -0.491 e. The van der Waals surface area contributed by atoms with Gasteiger partial charge in [-0.1, -0.05) is 23.8 Å². The highest BCUT2D eigenvalue weighted by Gasteiger charge is 2.08. The normalized spacial score (nSPS) is 11.4. The van der Waals surface area contributed by atoms with Crippen molar-refractivity contribution in [1.82, 2.24) is 4.90 Å². The van der Waals surface area contributed by atoms with Crippen molar-refractivity contribution in [2.75, 3.05) is 100 Å². The summed E-state index contributed by atoms with van der Waals surface area (Å²) in [5.41, 5.74) is 6.14. The lowest BCUT2D eigenvalue weighted by Gasteiger charge is -2.16. The Labute approximate surface area is 229 Å². The minimum absolute atomic E-state index is 0.484. The van der Waals surface area contributed by atoms with Gasteiger partial charge < -0.3 is 38.1 Å². The van der Waals surface area contributed by atoms with Crippen LogP contribution >= 0.6 is 0 Å². The average Bonchev–Trinajstić information content (AvgIpc) is 2.89. The third kappa shape index (κ3) is 14.2. The molecule has 214 valence electrons. The van der Waals surface area contributed by atoms with Crippen LogP contribution in [0.5, 0.6) is 5.75 Å². The number of nitrogens with zero attached hydrogens (tertiary/aromatic N) is 1. The maximum Gasteiger partial charge on any atom is 0.120 e. The van der Waals surface area contributed by atoms with Crippen LogP contribution in [0.3, 0.4) is 0 Å². The van der Waals surface area contributed by atoms with E-state index in [2.05, 4.69) is 69.2 Å². The zero-order valence-corrected chi connectivity index (χ0v) is 24.0. The molecule has 2 rings (SSSR count). The molecule has 0 heterocycles. The van der Waals surface area contributed by atoms with Gasteiger partial charge in [0.1, 0.15) is 12.4 Å². The van der Waals surface area contributed by atoms with Crippen molar-refractivity contribution in [2.24, 2.45) is 0 Å². The molecule has 0 unspecified atom stereocenters. The molecular weight excluding hydrogens is 486 g/mol. The Kier molecular flexibility index (Phi) is 16.9. The maximum atomic E-state index is 6.06. The minimum atomic E-state index is 0.484. The van der Waals surface area contributed by atoms with Crippen molar-refractivity contribution in [3.05, 3.63) is 53.1 Å². The molecule has 0 aliphatic carbocycles. The number of methoxy groups -OCH3 is 1. The fourth-order valence-electron chi connectivity index (χ4n) is 3.75. The van der Waals surface area contributed by atoms with Gasteiger partial charge in [0.05, 0.1) is 72.7 Å². The van der Waals surface area contributed by atoms with Crippen LogP contribution in [-0.2, 0) is 35.0 Å². The summed E-state index contributed by atoms with van der Waals surface area (Å²) >= 11 is 0. The predicted molar refractivity (Wildman–Crippen MR) is 150 cm³/mol. The van der Waals surface area contributed by atoms with Crippen LogP contribution in [-0.4, -0.2) is 105 Å². The number of aryl methyl sites for hydroxylation is 2. The van der Waals surface area contributed by atoms with Gasteiger partial charge in [0, 0.05) is 13.7 Å². The standard InChI is InChI=1S/C30H47NO7/c1-25-6-7-26(2)30(20-25)28-21-27(24-31(3)4)22-29(23-28)38-19-18-37-17-16-36-15-14-35-13-12-34-11-10-33-9-8-32-5/h6-7,20-23H,8-19,24H2,1-5H3. The van der Waals surface area contributed by atoms with Crippen LogP contribution in [0.1, 0.15) is 16.7 Å². The SMILES string of the molecule is COCCOCCOCCOCCOCCOCCOc1cc(CN(C)C)cc(-c2cc(C)ccc2C)c1. The first-order valence-electron chi connectivity index (χ1n) is 13.4. The number of rotatable bonds is 22. The van der Waals surface area contributed by atoms with Crippen molar-refractivity contribution in [3.63, 3.8) is 0 Å². The van der Waals surface area contributed by atoms with Crippen molar-refractivity contribution in [3.8, 4) is 16.9 Å². The van der Waals surface area contributed by atoms with Gasteiger partial charge in [0.2, 0.25) is 0 Å². The largest absolute Gasteiger partial charge is 0.491 e. The lowest BCUT2D eigenvalue weighted by molar-refractivity contribution is -0.0159. The zero-order valence-electron chi connectivity index (χ0n) is 24.0. The Bertz CT molecular complexity index is 891. The molecule has 38 heavy (non-hydrogen) atoms. The van der Waals surface area contributed by atoms with Crippen molar-refractivity contribution < 1.29 is 33.2 Å². The van der Waals surface area contributed by atoms with Crippen LogP contribution in [0.25, 0.3) is 11.1 Å². The summed E-state index contributed by atoms with van der Waals surface area (Å²) < 4.78 is 38.4. The lowest BCUT2D eigenvalue weighted by Crippen LogP contribution is -2.15. The predicted octanol–water partition coefficient (Wildman–Crippen LogP) is 4.14. The van der Waals surface area contributed by atoms with Gasteiger partial charge >= 0.3 is 0 Å². The monoisotopic (exact) mass is 533 g/mol. The summed E-state index contributed by atoms with van der Waals surface area (Å²) in [7, 11) is 5.80. The number of hydrogen-bond acceptors (Lipinski definition) is 8. The Morgan fingerprint density at radius 3 is 1.66 bits per heavy atom. The van der Waals surface area contributed by atoms with E-state index in [1.165, 1.54) is 27.8 Å². The molecule has 0 saturated carbocycles. The van der Waals surface area contributed by atoms with Crippen LogP contribution in [0, 0.1) is 13.8 Å². The van der Waals surface area contributed by atoms with Gasteiger partial charge in [-0.3, -0.25) is 0 Å². The maximum absolute atomic E-state index is 6.06. The molecule has 0 fully saturated rings. The Morgan fingerprint density at radius 2 is 1.13 bits per heavy atom. The van der Waals surface area contributed by atoms with Crippen LogP contribution < -0.4 is 4.74 Å². The van der Waals surface area contributed by atoms with Crippen molar-refractivity contribution >= 4 is 0 Å². The first kappa shape index (κ1) is 32.2. The van der Waals surface area contributed by atoms with Crippen molar-refractivity contribution in [1.29, 1.82) is 0 Å². The van der Waals surface area contributed by atoms with E-state index in [1.807, 2.05) is 0 Å². The highest BCUT2D eigenvalue weighted by molar-refractivity contribution is 5.70. The molecule has 0 spiro atoms. The summed E-state index contributed by atoms with van der Waals surface area (Å²) in [5, 5.41) is 0. The molecule has 8 nitrogen and oxygen atoms in total. The smallest absolute Gasteiger partial charge is 0.120 e. The molecule has 8 heteroatoms. The fourth-order valence-corrected chi connectivity index (χ4v) is 3.75. The molecule has 0 aromatic heterocycles. The Morgan fingerprint density at radius 1 is 0.605 bits per heavy atom. The molecule has 2 aromatic carbocycles. The quantitative estimate of drug-likeness (QED) is 0.209. The summed E-state index contributed by atoms with van der Waals surface area (Å²) in [5.74, 6) is 0.861. The van der Waals surface area contributed by atoms with Gasteiger partial charge in [-0.2, -0.15) is 0 Å². The van der Waals surface area contributed by atoms with Crippen LogP contribution in [0.4, 0.5) is 0 Å². The molecule has 0 aliphatic heterocycles. The van der Waals surface area contributed by atoms with Crippen molar-refractivity contribution in [2.45, 2.75) is 20.4 Å². The highest BCUT2D eigenvalue weighted by Crippen LogP contribution is 2.30. The second-order valence-electron chi connectivity index (χ2n) is 9.32. The van der Waals surface area contributed by atoms with E-state index < -0.39 is 0 Å². The van der Waals surface area contributed by atoms with E-state index in [-0.39, 0.29) is 0 Å². The van der Waals surface area contributed by atoms with E-state index in [4.69, 9.17) is 33.2 Å². The highest BCUT2D eigenvalue weighted by atomic mass is 16.6. The van der Waals surface area contributed by atoms with Gasteiger partial charge in [-0.15, -0.1) is 0 Å². The molecule has 2 aromatic rings. The Balaban J connectivity index is 1.57. The van der Waals surface area contributed by atoms with E-state index in [0.717, 1.165) is 12.3 Å². The third-order valence-electron chi connectivity index (χ3n) is 5.59. The molecule has 0 bridgehead atoms. The van der Waals surface area contributed by atoms with E-state index >= 15 is 0 Å². The lowest BCUT2D eigenvalue weighted by atomic mass is 9.96. The molecule has 0 atom stereocenters. The molecule has 0 aliphatic rings. The first-order valence-corrected chi connectivity index (χ1v) is 13.4. The number of hydrogen-bond donors (Lipinski definition) is 0. The van der Waals surface area contributed by atoms with Gasteiger partial charge in [0.15, 0.2) is 0 Å². The van der Waals surface area contributed by atoms with Crippen LogP contribution in [0.2, 0.25) is 0 Å². The van der Waals surface area contributed by atoms with Crippen LogP contribution in [0.15, 0.2) is 36.4 Å². The second-order valence-corrected chi connectivity index (χ2v) is 9.32. The van der Waals surface area contributed by atoms with E-state index in [1.54, 1.807) is 7.11 Å². The van der Waals surface area contributed by atoms with Gasteiger partial charge in [0.25, 0.3) is 0 Å². The molecule has 0 amide bonds. The molecule has 0 radical (unpaired) electrons. The Hall–Kier alpha value is -2.04. The van der Waals surface area contributed by atoms with E-state index in [0.29, 0.717) is 79.3 Å². The second kappa shape index (κ2) is 19.9. The van der Waals surface area contributed by atoms with Gasteiger partial charge in [-0.05, 0) is 68.4 Å². The molecular formula is C30H47NO7. The summed E-state index contributed by atoms with van der Waals surface area (Å²) in [4.78, 5) is 2.16. The zero-order chi connectivity index (χ0) is 27.4. The summed E-state index contributed by atoms with van der Waals surface area (Å²) in [6.07, 6.45) is 0. The average molecular weight is 534 g/mol. The summed E-state index contributed by atoms with van der Waals surface area (Å²) in [6.45, 7) is 11.6. The third-order valence-corrected chi connectivity index (χ3v) is 5.59. The van der Waals surface area contributed by atoms with Gasteiger partial charge in [-0.25, -0.2) is 0 Å². The first-order chi connectivity index (χ1) is 18.5.